The lowest BCUT2D eigenvalue weighted by atomic mass is 10.3. The first-order valence-corrected chi connectivity index (χ1v) is 7.33. The molecular formula is C12H20N4O2S. The van der Waals surface area contributed by atoms with Gasteiger partial charge in [0, 0.05) is 30.9 Å². The third-order valence-electron chi connectivity index (χ3n) is 2.64. The van der Waals surface area contributed by atoms with Crippen molar-refractivity contribution < 1.29 is 8.42 Å². The summed E-state index contributed by atoms with van der Waals surface area (Å²) in [5.74, 6) is 0. The van der Waals surface area contributed by atoms with Crippen LogP contribution >= 0.6 is 0 Å². The minimum absolute atomic E-state index is 0.0584. The molecule has 6 nitrogen and oxygen atoms in total. The topological polar surface area (TPSA) is 78.1 Å². The Morgan fingerprint density at radius 2 is 1.95 bits per heavy atom. The van der Waals surface area contributed by atoms with Crippen LogP contribution in [0.4, 0.5) is 0 Å². The maximum atomic E-state index is 12.5. The van der Waals surface area contributed by atoms with E-state index in [0.717, 1.165) is 5.69 Å². The first-order chi connectivity index (χ1) is 8.98. The maximum Gasteiger partial charge on any atom is 0.263 e. The van der Waals surface area contributed by atoms with E-state index in [2.05, 4.69) is 28.7 Å². The van der Waals surface area contributed by atoms with Crippen LogP contribution in [0.25, 0.3) is 0 Å². The van der Waals surface area contributed by atoms with Crippen molar-refractivity contribution >= 4 is 10.0 Å². The van der Waals surface area contributed by atoms with Crippen molar-refractivity contribution in [1.82, 2.24) is 19.8 Å². The summed E-state index contributed by atoms with van der Waals surface area (Å²) in [5, 5.41) is 9.65. The summed E-state index contributed by atoms with van der Waals surface area (Å²) in [7, 11) is -1.89. The number of aryl methyl sites for hydroxylation is 1. The minimum Gasteiger partial charge on any atom is -0.316 e. The second kappa shape index (κ2) is 6.65. The van der Waals surface area contributed by atoms with Crippen LogP contribution in [0, 0.1) is 6.92 Å². The number of rotatable bonds is 8. The first-order valence-electron chi connectivity index (χ1n) is 5.89. The standard InChI is InChI=1S/C12H20N4O2S/c1-5-7-16(8-6-2)19(17,18)12-11(9-13-4)10(3)14-15-12/h5-6,13H,1-2,7-9H2,3-4H3,(H,14,15). The van der Waals surface area contributed by atoms with Crippen molar-refractivity contribution in [3.8, 4) is 0 Å². The summed E-state index contributed by atoms with van der Waals surface area (Å²) >= 11 is 0. The van der Waals surface area contributed by atoms with Crippen LogP contribution in [-0.2, 0) is 16.6 Å². The summed E-state index contributed by atoms with van der Waals surface area (Å²) < 4.78 is 26.4. The average molecular weight is 284 g/mol. The highest BCUT2D eigenvalue weighted by Crippen LogP contribution is 2.20. The number of sulfonamides is 1. The van der Waals surface area contributed by atoms with E-state index in [-0.39, 0.29) is 18.1 Å². The van der Waals surface area contributed by atoms with E-state index in [1.807, 2.05) is 0 Å². The van der Waals surface area contributed by atoms with E-state index < -0.39 is 10.0 Å². The Morgan fingerprint density at radius 1 is 1.37 bits per heavy atom. The molecule has 0 aliphatic carbocycles. The van der Waals surface area contributed by atoms with Crippen LogP contribution in [0.2, 0.25) is 0 Å². The number of aromatic nitrogens is 2. The summed E-state index contributed by atoms with van der Waals surface area (Å²) in [6, 6.07) is 0. The molecular weight excluding hydrogens is 264 g/mol. The molecule has 19 heavy (non-hydrogen) atoms. The van der Waals surface area contributed by atoms with Crippen molar-refractivity contribution in [2.24, 2.45) is 0 Å². The van der Waals surface area contributed by atoms with E-state index in [1.54, 1.807) is 14.0 Å². The van der Waals surface area contributed by atoms with Gasteiger partial charge >= 0.3 is 0 Å². The number of nitrogens with zero attached hydrogens (tertiary/aromatic N) is 2. The lowest BCUT2D eigenvalue weighted by Crippen LogP contribution is -2.32. The molecule has 0 atom stereocenters. The number of hydrogen-bond donors (Lipinski definition) is 2. The van der Waals surface area contributed by atoms with Gasteiger partial charge in [0.05, 0.1) is 0 Å². The normalized spacial score (nSPS) is 11.7. The Bertz CT molecular complexity index is 538. The van der Waals surface area contributed by atoms with Gasteiger partial charge in [-0.1, -0.05) is 12.2 Å². The van der Waals surface area contributed by atoms with Gasteiger partial charge in [-0.3, -0.25) is 5.10 Å². The number of nitrogens with one attached hydrogen (secondary N) is 2. The van der Waals surface area contributed by atoms with E-state index in [9.17, 15) is 8.42 Å². The van der Waals surface area contributed by atoms with Crippen molar-refractivity contribution in [1.29, 1.82) is 0 Å². The fraction of sp³-hybridized carbons (Fsp3) is 0.417. The molecule has 1 heterocycles. The molecule has 106 valence electrons. The molecule has 0 aliphatic heterocycles. The van der Waals surface area contributed by atoms with Gasteiger partial charge in [0.25, 0.3) is 10.0 Å². The predicted molar refractivity (Wildman–Crippen MR) is 75.2 cm³/mol. The third-order valence-corrected chi connectivity index (χ3v) is 4.44. The second-order valence-electron chi connectivity index (χ2n) is 4.06. The maximum absolute atomic E-state index is 12.5. The molecule has 1 rings (SSSR count). The lowest BCUT2D eigenvalue weighted by Gasteiger charge is -2.18. The molecule has 0 spiro atoms. The molecule has 0 fully saturated rings. The Labute approximate surface area is 114 Å². The van der Waals surface area contributed by atoms with Gasteiger partial charge in [-0.15, -0.1) is 13.2 Å². The van der Waals surface area contributed by atoms with Crippen molar-refractivity contribution in [2.45, 2.75) is 18.5 Å². The van der Waals surface area contributed by atoms with Gasteiger partial charge in [-0.25, -0.2) is 8.42 Å². The van der Waals surface area contributed by atoms with Gasteiger partial charge in [0.2, 0.25) is 0 Å². The molecule has 2 N–H and O–H groups in total. The minimum atomic E-state index is -3.65. The first kappa shape index (κ1) is 15.6. The number of H-pyrrole nitrogens is 1. The van der Waals surface area contributed by atoms with Crippen LogP contribution < -0.4 is 5.32 Å². The molecule has 1 aromatic heterocycles. The van der Waals surface area contributed by atoms with Crippen LogP contribution in [0.1, 0.15) is 11.3 Å². The SMILES string of the molecule is C=CCN(CC=C)S(=O)(=O)c1n[nH]c(C)c1CNC. The molecule has 0 saturated carbocycles. The van der Waals surface area contributed by atoms with Crippen molar-refractivity contribution in [3.05, 3.63) is 36.6 Å². The van der Waals surface area contributed by atoms with Crippen LogP contribution in [0.3, 0.4) is 0 Å². The Morgan fingerprint density at radius 3 is 2.42 bits per heavy atom. The van der Waals surface area contributed by atoms with Gasteiger partial charge < -0.3 is 5.32 Å². The quantitative estimate of drug-likeness (QED) is 0.692. The summed E-state index contributed by atoms with van der Waals surface area (Å²) in [6.45, 7) is 9.82. The average Bonchev–Trinajstić information content (AvgIpc) is 2.72. The summed E-state index contributed by atoms with van der Waals surface area (Å²) in [5.41, 5.74) is 1.39. The molecule has 0 bridgehead atoms. The molecule has 0 saturated heterocycles. The van der Waals surface area contributed by atoms with E-state index in [1.165, 1.54) is 16.5 Å². The molecule has 7 heteroatoms. The van der Waals surface area contributed by atoms with Gasteiger partial charge in [0.1, 0.15) is 0 Å². The summed E-state index contributed by atoms with van der Waals surface area (Å²) in [4.78, 5) is 0. The van der Waals surface area contributed by atoms with E-state index in [4.69, 9.17) is 0 Å². The van der Waals surface area contributed by atoms with Crippen LogP contribution in [-0.4, -0.2) is 43.1 Å². The van der Waals surface area contributed by atoms with Crippen LogP contribution in [0.15, 0.2) is 30.3 Å². The highest BCUT2D eigenvalue weighted by molar-refractivity contribution is 7.89. The molecule has 0 radical (unpaired) electrons. The molecule has 0 unspecified atom stereocenters. The molecule has 0 aromatic carbocycles. The van der Waals surface area contributed by atoms with E-state index >= 15 is 0 Å². The Hall–Kier alpha value is -1.44. The Balaban J connectivity index is 3.24. The largest absolute Gasteiger partial charge is 0.316 e. The van der Waals surface area contributed by atoms with Gasteiger partial charge in [0.15, 0.2) is 5.03 Å². The Kier molecular flexibility index (Phi) is 5.46. The van der Waals surface area contributed by atoms with Crippen molar-refractivity contribution in [2.75, 3.05) is 20.1 Å². The zero-order valence-electron chi connectivity index (χ0n) is 11.3. The molecule has 0 aliphatic rings. The molecule has 0 amide bonds. The highest BCUT2D eigenvalue weighted by Gasteiger charge is 2.28. The lowest BCUT2D eigenvalue weighted by molar-refractivity contribution is 0.469. The predicted octanol–water partition coefficient (Wildman–Crippen LogP) is 0.800. The van der Waals surface area contributed by atoms with Crippen molar-refractivity contribution in [3.63, 3.8) is 0 Å². The highest BCUT2D eigenvalue weighted by atomic mass is 32.2. The zero-order chi connectivity index (χ0) is 14.5. The van der Waals surface area contributed by atoms with Crippen LogP contribution in [0.5, 0.6) is 0 Å². The van der Waals surface area contributed by atoms with Gasteiger partial charge in [-0.05, 0) is 14.0 Å². The second-order valence-corrected chi connectivity index (χ2v) is 5.92. The summed E-state index contributed by atoms with van der Waals surface area (Å²) in [6.07, 6.45) is 3.08. The zero-order valence-corrected chi connectivity index (χ0v) is 12.1. The fourth-order valence-electron chi connectivity index (χ4n) is 1.71. The third kappa shape index (κ3) is 3.31. The monoisotopic (exact) mass is 284 g/mol. The number of hydrogen-bond acceptors (Lipinski definition) is 4. The van der Waals surface area contributed by atoms with E-state index in [0.29, 0.717) is 12.1 Å². The fourth-order valence-corrected chi connectivity index (χ4v) is 3.25. The van der Waals surface area contributed by atoms with Gasteiger partial charge in [-0.2, -0.15) is 9.40 Å². The smallest absolute Gasteiger partial charge is 0.263 e. The number of aromatic amines is 1. The molecule has 1 aromatic rings.